The van der Waals surface area contributed by atoms with E-state index in [-0.39, 0.29) is 5.91 Å². The number of aryl methyl sites for hydroxylation is 3. The number of rotatable bonds is 5. The Morgan fingerprint density at radius 3 is 2.56 bits per heavy atom. The Morgan fingerprint density at radius 1 is 1.20 bits per heavy atom. The van der Waals surface area contributed by atoms with E-state index < -0.39 is 0 Å². The van der Waals surface area contributed by atoms with Crippen LogP contribution in [0.1, 0.15) is 23.9 Å². The van der Waals surface area contributed by atoms with Crippen LogP contribution in [0.25, 0.3) is 10.9 Å². The maximum atomic E-state index is 12.5. The zero-order valence-electron chi connectivity index (χ0n) is 15.0. The number of carbonyl (C=O) groups is 1. The van der Waals surface area contributed by atoms with Gasteiger partial charge in [-0.15, -0.1) is 0 Å². The Hall–Kier alpha value is -2.89. The lowest BCUT2D eigenvalue weighted by atomic mass is 10.1. The summed E-state index contributed by atoms with van der Waals surface area (Å²) in [5.74, 6) is -0.0877. The minimum atomic E-state index is -0.0877. The van der Waals surface area contributed by atoms with Crippen molar-refractivity contribution in [2.45, 2.75) is 27.2 Å². The topological polar surface area (TPSA) is 69.0 Å². The first kappa shape index (κ1) is 17.0. The van der Waals surface area contributed by atoms with Crippen LogP contribution in [-0.2, 0) is 18.3 Å². The van der Waals surface area contributed by atoms with Crippen molar-refractivity contribution in [2.75, 3.05) is 11.9 Å². The van der Waals surface area contributed by atoms with Gasteiger partial charge in [0, 0.05) is 24.1 Å². The molecule has 0 spiro atoms. The number of carbonyl (C=O) groups excluding carboxylic acids is 1. The van der Waals surface area contributed by atoms with Crippen LogP contribution in [0.2, 0.25) is 0 Å². The molecule has 0 aliphatic rings. The second-order valence-corrected chi connectivity index (χ2v) is 5.99. The minimum Gasteiger partial charge on any atom is -0.464 e. The van der Waals surface area contributed by atoms with Gasteiger partial charge in [-0.05, 0) is 32.4 Å². The molecule has 0 unspecified atom stereocenters. The predicted molar refractivity (Wildman–Crippen MR) is 97.9 cm³/mol. The summed E-state index contributed by atoms with van der Waals surface area (Å²) >= 11 is 0. The number of amides is 1. The lowest BCUT2D eigenvalue weighted by Crippen LogP contribution is -2.17. The summed E-state index contributed by atoms with van der Waals surface area (Å²) in [5.41, 5.74) is 4.15. The number of hydrogen-bond acceptors (Lipinski definition) is 4. The van der Waals surface area contributed by atoms with Crippen molar-refractivity contribution in [1.82, 2.24) is 14.5 Å². The van der Waals surface area contributed by atoms with Gasteiger partial charge < -0.3 is 14.6 Å². The zero-order chi connectivity index (χ0) is 18.0. The van der Waals surface area contributed by atoms with Crippen LogP contribution in [0, 0.1) is 13.8 Å². The summed E-state index contributed by atoms with van der Waals surface area (Å²) in [6.45, 7) is 6.06. The van der Waals surface area contributed by atoms with Gasteiger partial charge in [0.05, 0.1) is 30.1 Å². The number of hydrogen-bond donors (Lipinski definition) is 1. The summed E-state index contributed by atoms with van der Waals surface area (Å²) in [4.78, 5) is 21.1. The maximum Gasteiger partial charge on any atom is 0.316 e. The van der Waals surface area contributed by atoms with Crippen molar-refractivity contribution in [3.8, 4) is 6.01 Å². The molecule has 130 valence electrons. The van der Waals surface area contributed by atoms with E-state index in [1.54, 1.807) is 0 Å². The molecule has 0 aliphatic heterocycles. The molecular weight excluding hydrogens is 316 g/mol. The first-order chi connectivity index (χ1) is 12.0. The second-order valence-electron chi connectivity index (χ2n) is 5.99. The van der Waals surface area contributed by atoms with Crippen molar-refractivity contribution in [1.29, 1.82) is 0 Å². The third kappa shape index (κ3) is 3.47. The van der Waals surface area contributed by atoms with Crippen LogP contribution in [0.4, 0.5) is 5.69 Å². The molecule has 1 aromatic carbocycles. The molecule has 0 atom stereocenters. The largest absolute Gasteiger partial charge is 0.464 e. The van der Waals surface area contributed by atoms with E-state index in [9.17, 15) is 4.79 Å². The van der Waals surface area contributed by atoms with Crippen molar-refractivity contribution in [3.05, 3.63) is 47.4 Å². The quantitative estimate of drug-likeness (QED) is 0.776. The lowest BCUT2D eigenvalue weighted by molar-refractivity contribution is -0.115. The Labute approximate surface area is 146 Å². The summed E-state index contributed by atoms with van der Waals surface area (Å²) in [6.07, 6.45) is 2.30. The number of nitrogens with one attached hydrogen (secondary N) is 1. The standard InChI is InChI=1S/C19H22N4O2/c1-5-25-19-20-12(2)18(13(3)21-19)22-17(24)10-14-11-23(4)16-9-7-6-8-15(14)16/h6-9,11H,5,10H2,1-4H3,(H,22,24). The molecule has 0 saturated heterocycles. The molecule has 0 bridgehead atoms. The number of anilines is 1. The highest BCUT2D eigenvalue weighted by atomic mass is 16.5. The highest BCUT2D eigenvalue weighted by molar-refractivity contribution is 5.96. The number of ether oxygens (including phenoxy) is 1. The van der Waals surface area contributed by atoms with Crippen molar-refractivity contribution < 1.29 is 9.53 Å². The van der Waals surface area contributed by atoms with E-state index in [1.807, 2.05) is 62.8 Å². The number of nitrogens with zero attached hydrogens (tertiary/aromatic N) is 3. The number of para-hydroxylation sites is 1. The summed E-state index contributed by atoms with van der Waals surface area (Å²) in [5, 5.41) is 4.04. The molecule has 25 heavy (non-hydrogen) atoms. The van der Waals surface area contributed by atoms with Gasteiger partial charge in [-0.3, -0.25) is 4.79 Å². The molecule has 2 heterocycles. The minimum absolute atomic E-state index is 0.0877. The Bertz CT molecular complexity index is 907. The molecule has 3 rings (SSSR count). The predicted octanol–water partition coefficient (Wildman–Crippen LogP) is 3.17. The fraction of sp³-hybridized carbons (Fsp3) is 0.316. The molecule has 3 aromatic rings. The van der Waals surface area contributed by atoms with E-state index >= 15 is 0 Å². The average Bonchev–Trinajstić information content (AvgIpc) is 2.88. The third-order valence-corrected chi connectivity index (χ3v) is 4.12. The van der Waals surface area contributed by atoms with Gasteiger partial charge in [0.15, 0.2) is 0 Å². The summed E-state index contributed by atoms with van der Waals surface area (Å²) in [7, 11) is 1.98. The maximum absolute atomic E-state index is 12.5. The molecule has 0 radical (unpaired) electrons. The monoisotopic (exact) mass is 338 g/mol. The zero-order valence-corrected chi connectivity index (χ0v) is 15.0. The summed E-state index contributed by atoms with van der Waals surface area (Å²) < 4.78 is 7.37. The van der Waals surface area contributed by atoms with Crippen LogP contribution < -0.4 is 10.1 Å². The van der Waals surface area contributed by atoms with Gasteiger partial charge in [0.1, 0.15) is 0 Å². The smallest absolute Gasteiger partial charge is 0.316 e. The number of aromatic nitrogens is 3. The SMILES string of the molecule is CCOc1nc(C)c(NC(=O)Cc2cn(C)c3ccccc23)c(C)n1. The number of benzene rings is 1. The Kier molecular flexibility index (Phi) is 4.70. The molecular formula is C19H22N4O2. The average molecular weight is 338 g/mol. The van der Waals surface area contributed by atoms with E-state index in [0.717, 1.165) is 16.5 Å². The first-order valence-electron chi connectivity index (χ1n) is 8.30. The third-order valence-electron chi connectivity index (χ3n) is 4.12. The molecule has 1 N–H and O–H groups in total. The van der Waals surface area contributed by atoms with Gasteiger partial charge in [-0.1, -0.05) is 18.2 Å². The van der Waals surface area contributed by atoms with Crippen LogP contribution in [0.15, 0.2) is 30.5 Å². The number of fused-ring (bicyclic) bond motifs is 1. The Morgan fingerprint density at radius 2 is 1.88 bits per heavy atom. The molecule has 0 aliphatic carbocycles. The fourth-order valence-electron chi connectivity index (χ4n) is 2.98. The normalized spacial score (nSPS) is 10.9. The second kappa shape index (κ2) is 6.93. The highest BCUT2D eigenvalue weighted by Gasteiger charge is 2.15. The van der Waals surface area contributed by atoms with Gasteiger partial charge in [0.2, 0.25) is 5.91 Å². The van der Waals surface area contributed by atoms with Gasteiger partial charge in [0.25, 0.3) is 0 Å². The molecule has 0 fully saturated rings. The van der Waals surface area contributed by atoms with Gasteiger partial charge in [-0.2, -0.15) is 9.97 Å². The van der Waals surface area contributed by atoms with E-state index in [2.05, 4.69) is 15.3 Å². The molecule has 0 saturated carbocycles. The summed E-state index contributed by atoms with van der Waals surface area (Å²) in [6, 6.07) is 8.40. The lowest BCUT2D eigenvalue weighted by Gasteiger charge is -2.12. The van der Waals surface area contributed by atoms with E-state index in [0.29, 0.717) is 36.1 Å². The molecule has 1 amide bonds. The molecule has 6 nitrogen and oxygen atoms in total. The van der Waals surface area contributed by atoms with Gasteiger partial charge in [-0.25, -0.2) is 0 Å². The van der Waals surface area contributed by atoms with Crippen molar-refractivity contribution >= 4 is 22.5 Å². The fourth-order valence-corrected chi connectivity index (χ4v) is 2.98. The van der Waals surface area contributed by atoms with E-state index in [4.69, 9.17) is 4.74 Å². The van der Waals surface area contributed by atoms with Crippen LogP contribution >= 0.6 is 0 Å². The molecule has 6 heteroatoms. The van der Waals surface area contributed by atoms with Crippen molar-refractivity contribution in [2.24, 2.45) is 7.05 Å². The highest BCUT2D eigenvalue weighted by Crippen LogP contribution is 2.23. The van der Waals surface area contributed by atoms with Crippen LogP contribution in [0.5, 0.6) is 6.01 Å². The van der Waals surface area contributed by atoms with Crippen LogP contribution in [-0.4, -0.2) is 27.0 Å². The first-order valence-corrected chi connectivity index (χ1v) is 8.30. The van der Waals surface area contributed by atoms with Gasteiger partial charge >= 0.3 is 6.01 Å². The van der Waals surface area contributed by atoms with E-state index in [1.165, 1.54) is 0 Å². The van der Waals surface area contributed by atoms with Crippen LogP contribution in [0.3, 0.4) is 0 Å². The molecule has 2 aromatic heterocycles. The Balaban J connectivity index is 1.81. The van der Waals surface area contributed by atoms with Crippen molar-refractivity contribution in [3.63, 3.8) is 0 Å².